The van der Waals surface area contributed by atoms with E-state index >= 15 is 0 Å². The van der Waals surface area contributed by atoms with Crippen LogP contribution >= 0.6 is 0 Å². The highest BCUT2D eigenvalue weighted by Gasteiger charge is 2.10. The van der Waals surface area contributed by atoms with Gasteiger partial charge in [-0.15, -0.1) is 0 Å². The van der Waals surface area contributed by atoms with E-state index < -0.39 is 0 Å². The summed E-state index contributed by atoms with van der Waals surface area (Å²) in [5, 5.41) is 0. The minimum absolute atomic E-state index is 0.173. The Kier molecular flexibility index (Phi) is 9.35. The van der Waals surface area contributed by atoms with Crippen LogP contribution in [0.1, 0.15) is 39.5 Å². The van der Waals surface area contributed by atoms with E-state index in [1.807, 2.05) is 19.0 Å². The molecule has 0 saturated carbocycles. The summed E-state index contributed by atoms with van der Waals surface area (Å²) in [6, 6.07) is 0. The fourth-order valence-corrected chi connectivity index (χ4v) is 1.00. The van der Waals surface area contributed by atoms with Gasteiger partial charge in [-0.05, 0) is 26.9 Å². The number of ether oxygens (including phenoxy) is 2. The second kappa shape index (κ2) is 9.44. The minimum Gasteiger partial charge on any atom is -0.340 e. The van der Waals surface area contributed by atoms with Gasteiger partial charge in [-0.2, -0.15) is 0 Å². The standard InChI is InChI=1S/C11H25NO2/c1-5-7-9-13-11(12(3)4)14-10-8-6-2/h11H,5-10H2,1-4H3. The first kappa shape index (κ1) is 13.9. The summed E-state index contributed by atoms with van der Waals surface area (Å²) < 4.78 is 11.2. The van der Waals surface area contributed by atoms with Crippen molar-refractivity contribution in [3.8, 4) is 0 Å². The summed E-state index contributed by atoms with van der Waals surface area (Å²) in [6.07, 6.45) is 4.35. The van der Waals surface area contributed by atoms with Crippen LogP contribution < -0.4 is 0 Å². The van der Waals surface area contributed by atoms with Crippen LogP contribution in [0, 0.1) is 0 Å². The highest BCUT2D eigenvalue weighted by molar-refractivity contribution is 4.42. The average molecular weight is 203 g/mol. The Morgan fingerprint density at radius 2 is 1.36 bits per heavy atom. The number of nitrogens with zero attached hydrogens (tertiary/aromatic N) is 1. The van der Waals surface area contributed by atoms with Crippen molar-refractivity contribution in [2.24, 2.45) is 0 Å². The summed E-state index contributed by atoms with van der Waals surface area (Å²) in [6.45, 7) is 5.88. The molecule has 0 N–H and O–H groups in total. The monoisotopic (exact) mass is 203 g/mol. The van der Waals surface area contributed by atoms with Crippen LogP contribution in [-0.2, 0) is 9.47 Å². The van der Waals surface area contributed by atoms with Crippen LogP contribution in [0.5, 0.6) is 0 Å². The average Bonchev–Trinajstić information content (AvgIpc) is 2.15. The fourth-order valence-electron chi connectivity index (χ4n) is 1.00. The highest BCUT2D eigenvalue weighted by atomic mass is 16.7. The normalized spacial score (nSPS) is 11.6. The third-order valence-electron chi connectivity index (χ3n) is 1.94. The topological polar surface area (TPSA) is 21.7 Å². The van der Waals surface area contributed by atoms with Crippen molar-refractivity contribution in [2.45, 2.75) is 45.9 Å². The number of hydrogen-bond acceptors (Lipinski definition) is 3. The van der Waals surface area contributed by atoms with E-state index in [1.54, 1.807) is 0 Å². The quantitative estimate of drug-likeness (QED) is 0.424. The lowest BCUT2D eigenvalue weighted by molar-refractivity contribution is -0.211. The molecule has 0 atom stereocenters. The van der Waals surface area contributed by atoms with E-state index in [0.29, 0.717) is 0 Å². The molecular weight excluding hydrogens is 178 g/mol. The first-order valence-corrected chi connectivity index (χ1v) is 5.62. The Morgan fingerprint density at radius 3 is 1.64 bits per heavy atom. The van der Waals surface area contributed by atoms with Gasteiger partial charge in [-0.1, -0.05) is 26.7 Å². The second-order valence-corrected chi connectivity index (χ2v) is 3.72. The molecule has 0 radical (unpaired) electrons. The maximum atomic E-state index is 5.59. The molecule has 0 aliphatic carbocycles. The van der Waals surface area contributed by atoms with Crippen molar-refractivity contribution in [3.05, 3.63) is 0 Å². The van der Waals surface area contributed by atoms with E-state index in [1.165, 1.54) is 0 Å². The Bertz CT molecular complexity index is 108. The molecule has 0 aliphatic rings. The Morgan fingerprint density at radius 1 is 0.929 bits per heavy atom. The predicted octanol–water partition coefficient (Wildman–Crippen LogP) is 2.47. The molecule has 0 fully saturated rings. The third-order valence-corrected chi connectivity index (χ3v) is 1.94. The van der Waals surface area contributed by atoms with Gasteiger partial charge in [0.2, 0.25) is 6.41 Å². The third kappa shape index (κ3) is 7.30. The van der Waals surface area contributed by atoms with Crippen LogP contribution in [0.2, 0.25) is 0 Å². The lowest BCUT2D eigenvalue weighted by atomic mass is 10.4. The van der Waals surface area contributed by atoms with Gasteiger partial charge in [0.1, 0.15) is 0 Å². The highest BCUT2D eigenvalue weighted by Crippen LogP contribution is 2.02. The van der Waals surface area contributed by atoms with Crippen molar-refractivity contribution < 1.29 is 9.47 Å². The van der Waals surface area contributed by atoms with Gasteiger partial charge in [-0.25, -0.2) is 0 Å². The number of rotatable bonds is 9. The van der Waals surface area contributed by atoms with E-state index in [9.17, 15) is 0 Å². The molecule has 0 aromatic heterocycles. The van der Waals surface area contributed by atoms with Gasteiger partial charge in [0, 0.05) is 0 Å². The molecule has 0 spiro atoms. The second-order valence-electron chi connectivity index (χ2n) is 3.72. The van der Waals surface area contributed by atoms with Crippen LogP contribution in [0.3, 0.4) is 0 Å². The SMILES string of the molecule is CCCCOC(OCCCC)N(C)C. The summed E-state index contributed by atoms with van der Waals surface area (Å²) in [4.78, 5) is 1.96. The van der Waals surface area contributed by atoms with Gasteiger partial charge in [0.15, 0.2) is 0 Å². The number of hydrogen-bond donors (Lipinski definition) is 0. The molecule has 0 rings (SSSR count). The summed E-state index contributed by atoms with van der Waals surface area (Å²) >= 11 is 0. The zero-order valence-electron chi connectivity index (χ0n) is 10.1. The molecule has 3 heteroatoms. The Balaban J connectivity index is 3.55. The van der Waals surface area contributed by atoms with Crippen LogP contribution in [0.25, 0.3) is 0 Å². The van der Waals surface area contributed by atoms with E-state index in [-0.39, 0.29) is 6.41 Å². The maximum Gasteiger partial charge on any atom is 0.218 e. The van der Waals surface area contributed by atoms with Crippen LogP contribution in [-0.4, -0.2) is 38.6 Å². The van der Waals surface area contributed by atoms with Crippen molar-refractivity contribution in [2.75, 3.05) is 27.3 Å². The summed E-state index contributed by atoms with van der Waals surface area (Å²) in [5.41, 5.74) is 0. The largest absolute Gasteiger partial charge is 0.340 e. The van der Waals surface area contributed by atoms with Gasteiger partial charge in [-0.3, -0.25) is 4.90 Å². The lowest BCUT2D eigenvalue weighted by Gasteiger charge is -2.24. The molecule has 0 saturated heterocycles. The van der Waals surface area contributed by atoms with Crippen molar-refractivity contribution >= 4 is 0 Å². The van der Waals surface area contributed by atoms with Gasteiger partial charge in [0.25, 0.3) is 0 Å². The molecule has 0 bridgehead atoms. The molecule has 0 aromatic rings. The molecule has 14 heavy (non-hydrogen) atoms. The molecule has 0 aliphatic heterocycles. The van der Waals surface area contributed by atoms with Gasteiger partial charge in [0.05, 0.1) is 13.2 Å². The first-order valence-electron chi connectivity index (χ1n) is 5.62. The number of unbranched alkanes of at least 4 members (excludes halogenated alkanes) is 2. The molecule has 0 amide bonds. The van der Waals surface area contributed by atoms with E-state index in [0.717, 1.165) is 38.9 Å². The van der Waals surface area contributed by atoms with Gasteiger partial charge < -0.3 is 9.47 Å². The smallest absolute Gasteiger partial charge is 0.218 e. The molecule has 0 heterocycles. The van der Waals surface area contributed by atoms with Gasteiger partial charge >= 0.3 is 0 Å². The molecule has 0 aromatic carbocycles. The molecule has 86 valence electrons. The predicted molar refractivity (Wildman–Crippen MR) is 59.2 cm³/mol. The molecule has 3 nitrogen and oxygen atoms in total. The molecule has 0 unspecified atom stereocenters. The summed E-state index contributed by atoms with van der Waals surface area (Å²) in [5.74, 6) is 0. The zero-order chi connectivity index (χ0) is 10.8. The van der Waals surface area contributed by atoms with Crippen LogP contribution in [0.15, 0.2) is 0 Å². The maximum absolute atomic E-state index is 5.59. The van der Waals surface area contributed by atoms with Crippen LogP contribution in [0.4, 0.5) is 0 Å². The van der Waals surface area contributed by atoms with E-state index in [4.69, 9.17) is 9.47 Å². The fraction of sp³-hybridized carbons (Fsp3) is 1.00. The first-order chi connectivity index (χ1) is 6.72. The molecular formula is C11H25NO2. The Hall–Kier alpha value is -0.120. The van der Waals surface area contributed by atoms with Crippen molar-refractivity contribution in [3.63, 3.8) is 0 Å². The summed E-state index contributed by atoms with van der Waals surface area (Å²) in [7, 11) is 3.95. The Labute approximate surface area is 88.4 Å². The lowest BCUT2D eigenvalue weighted by Crippen LogP contribution is -2.34. The van der Waals surface area contributed by atoms with E-state index in [2.05, 4.69) is 13.8 Å². The zero-order valence-corrected chi connectivity index (χ0v) is 10.1. The van der Waals surface area contributed by atoms with Crippen molar-refractivity contribution in [1.29, 1.82) is 0 Å². The van der Waals surface area contributed by atoms with Crippen molar-refractivity contribution in [1.82, 2.24) is 4.90 Å². The minimum atomic E-state index is -0.173.